The lowest BCUT2D eigenvalue weighted by Gasteiger charge is -2.09. The number of aromatic hydroxyl groups is 1. The van der Waals surface area contributed by atoms with Crippen LogP contribution in [-0.4, -0.2) is 5.11 Å². The van der Waals surface area contributed by atoms with E-state index in [1.807, 2.05) is 6.92 Å². The summed E-state index contributed by atoms with van der Waals surface area (Å²) in [5.74, 6) is 0.0559. The highest BCUT2D eigenvalue weighted by Gasteiger charge is 2.30. The zero-order valence-electron chi connectivity index (χ0n) is 9.62. The summed E-state index contributed by atoms with van der Waals surface area (Å²) in [6.07, 6.45) is -4.34. The third kappa shape index (κ3) is 2.47. The largest absolute Gasteiger partial charge is 0.507 e. The van der Waals surface area contributed by atoms with Crippen LogP contribution in [-0.2, 0) is 6.18 Å². The van der Waals surface area contributed by atoms with Crippen LogP contribution < -0.4 is 0 Å². The van der Waals surface area contributed by atoms with Gasteiger partial charge in [0.15, 0.2) is 0 Å². The molecule has 0 aliphatic heterocycles. The van der Waals surface area contributed by atoms with Gasteiger partial charge in [-0.15, -0.1) is 0 Å². The molecule has 2 aromatic rings. The molecule has 0 bridgehead atoms. The predicted octanol–water partition coefficient (Wildman–Crippen LogP) is 4.39. The Morgan fingerprint density at radius 3 is 2.11 bits per heavy atom. The Balaban J connectivity index is 2.43. The highest BCUT2D eigenvalue weighted by atomic mass is 19.4. The summed E-state index contributed by atoms with van der Waals surface area (Å²) in [5, 5.41) is 9.70. The standard InChI is InChI=1S/C14H11F3O/c1-9-2-7-13(18)12(8-9)10-3-5-11(6-4-10)14(15,16)17/h2-8,18H,1H3. The van der Waals surface area contributed by atoms with E-state index in [9.17, 15) is 18.3 Å². The minimum absolute atomic E-state index is 0.0559. The lowest BCUT2D eigenvalue weighted by molar-refractivity contribution is -0.137. The van der Waals surface area contributed by atoms with Crippen LogP contribution in [0.15, 0.2) is 42.5 Å². The van der Waals surface area contributed by atoms with Gasteiger partial charge in [0.25, 0.3) is 0 Å². The molecule has 94 valence electrons. The lowest BCUT2D eigenvalue weighted by atomic mass is 10.0. The second-order valence-corrected chi connectivity index (χ2v) is 4.10. The molecule has 18 heavy (non-hydrogen) atoms. The first-order valence-corrected chi connectivity index (χ1v) is 5.35. The minimum atomic E-state index is -4.34. The summed E-state index contributed by atoms with van der Waals surface area (Å²) >= 11 is 0. The summed E-state index contributed by atoms with van der Waals surface area (Å²) in [4.78, 5) is 0. The number of benzene rings is 2. The van der Waals surface area contributed by atoms with Crippen molar-refractivity contribution < 1.29 is 18.3 Å². The van der Waals surface area contributed by atoms with E-state index in [-0.39, 0.29) is 5.75 Å². The minimum Gasteiger partial charge on any atom is -0.507 e. The van der Waals surface area contributed by atoms with Crippen molar-refractivity contribution in [2.45, 2.75) is 13.1 Å². The average molecular weight is 252 g/mol. The van der Waals surface area contributed by atoms with E-state index in [0.29, 0.717) is 11.1 Å². The van der Waals surface area contributed by atoms with Gasteiger partial charge in [0.1, 0.15) is 5.75 Å². The van der Waals surface area contributed by atoms with Gasteiger partial charge in [0, 0.05) is 5.56 Å². The molecule has 0 spiro atoms. The van der Waals surface area contributed by atoms with Gasteiger partial charge >= 0.3 is 6.18 Å². The first kappa shape index (κ1) is 12.5. The van der Waals surface area contributed by atoms with Gasteiger partial charge in [-0.25, -0.2) is 0 Å². The number of rotatable bonds is 1. The fraction of sp³-hybridized carbons (Fsp3) is 0.143. The first-order valence-electron chi connectivity index (χ1n) is 5.35. The summed E-state index contributed by atoms with van der Waals surface area (Å²) < 4.78 is 37.2. The third-order valence-electron chi connectivity index (χ3n) is 2.68. The SMILES string of the molecule is Cc1ccc(O)c(-c2ccc(C(F)(F)F)cc2)c1. The maximum absolute atomic E-state index is 12.4. The van der Waals surface area contributed by atoms with E-state index in [1.54, 1.807) is 12.1 Å². The number of hydrogen-bond acceptors (Lipinski definition) is 1. The van der Waals surface area contributed by atoms with Crippen molar-refractivity contribution in [3.8, 4) is 16.9 Å². The van der Waals surface area contributed by atoms with Crippen molar-refractivity contribution in [2.24, 2.45) is 0 Å². The molecule has 0 atom stereocenters. The Bertz CT molecular complexity index is 556. The van der Waals surface area contributed by atoms with Crippen molar-refractivity contribution in [3.05, 3.63) is 53.6 Å². The molecule has 0 unspecified atom stereocenters. The second kappa shape index (κ2) is 4.37. The van der Waals surface area contributed by atoms with Crippen LogP contribution >= 0.6 is 0 Å². The average Bonchev–Trinajstić information content (AvgIpc) is 2.31. The van der Waals surface area contributed by atoms with Gasteiger partial charge in [-0.3, -0.25) is 0 Å². The topological polar surface area (TPSA) is 20.2 Å². The molecule has 0 heterocycles. The van der Waals surface area contributed by atoms with Gasteiger partial charge in [-0.05, 0) is 36.8 Å². The summed E-state index contributed by atoms with van der Waals surface area (Å²) in [6.45, 7) is 1.85. The Hall–Kier alpha value is -1.97. The zero-order chi connectivity index (χ0) is 13.3. The van der Waals surface area contributed by atoms with E-state index in [1.165, 1.54) is 18.2 Å². The molecular formula is C14H11F3O. The van der Waals surface area contributed by atoms with E-state index in [0.717, 1.165) is 17.7 Å². The van der Waals surface area contributed by atoms with Crippen LogP contribution in [0.1, 0.15) is 11.1 Å². The van der Waals surface area contributed by atoms with Crippen molar-refractivity contribution in [1.29, 1.82) is 0 Å². The van der Waals surface area contributed by atoms with Crippen molar-refractivity contribution in [2.75, 3.05) is 0 Å². The van der Waals surface area contributed by atoms with Crippen molar-refractivity contribution in [1.82, 2.24) is 0 Å². The number of phenolic OH excluding ortho intramolecular Hbond substituents is 1. The quantitative estimate of drug-likeness (QED) is 0.798. The maximum Gasteiger partial charge on any atom is 0.416 e. The molecule has 1 N–H and O–H groups in total. The highest BCUT2D eigenvalue weighted by Crippen LogP contribution is 2.33. The Morgan fingerprint density at radius 1 is 0.944 bits per heavy atom. The van der Waals surface area contributed by atoms with E-state index >= 15 is 0 Å². The van der Waals surface area contributed by atoms with Gasteiger partial charge in [-0.1, -0.05) is 23.8 Å². The molecule has 0 saturated heterocycles. The highest BCUT2D eigenvalue weighted by molar-refractivity contribution is 5.70. The number of halogens is 3. The number of phenols is 1. The zero-order valence-corrected chi connectivity index (χ0v) is 9.62. The van der Waals surface area contributed by atoms with Gasteiger partial charge < -0.3 is 5.11 Å². The molecule has 0 aliphatic carbocycles. The molecule has 0 amide bonds. The monoisotopic (exact) mass is 252 g/mol. The van der Waals surface area contributed by atoms with Crippen LogP contribution in [0.4, 0.5) is 13.2 Å². The molecule has 0 aliphatic rings. The molecule has 0 saturated carbocycles. The number of aryl methyl sites for hydroxylation is 1. The van der Waals surface area contributed by atoms with Crippen LogP contribution in [0.3, 0.4) is 0 Å². The van der Waals surface area contributed by atoms with Gasteiger partial charge in [0.05, 0.1) is 5.56 Å². The Kier molecular flexibility index (Phi) is 3.03. The predicted molar refractivity (Wildman–Crippen MR) is 63.3 cm³/mol. The first-order chi connectivity index (χ1) is 8.38. The van der Waals surface area contributed by atoms with Crippen LogP contribution in [0.5, 0.6) is 5.75 Å². The Morgan fingerprint density at radius 2 is 1.56 bits per heavy atom. The van der Waals surface area contributed by atoms with Gasteiger partial charge in [0.2, 0.25) is 0 Å². The summed E-state index contributed by atoms with van der Waals surface area (Å²) in [5.41, 5.74) is 1.33. The van der Waals surface area contributed by atoms with E-state index in [2.05, 4.69) is 0 Å². The fourth-order valence-electron chi connectivity index (χ4n) is 1.72. The smallest absolute Gasteiger partial charge is 0.416 e. The molecule has 0 radical (unpaired) electrons. The number of hydrogen-bond donors (Lipinski definition) is 1. The van der Waals surface area contributed by atoms with E-state index in [4.69, 9.17) is 0 Å². The van der Waals surface area contributed by atoms with Crippen molar-refractivity contribution >= 4 is 0 Å². The lowest BCUT2D eigenvalue weighted by Crippen LogP contribution is -2.03. The summed E-state index contributed by atoms with van der Waals surface area (Å²) in [6, 6.07) is 9.74. The molecule has 0 fully saturated rings. The van der Waals surface area contributed by atoms with Crippen LogP contribution in [0.2, 0.25) is 0 Å². The Labute approximate surface area is 103 Å². The molecule has 4 heteroatoms. The molecule has 1 nitrogen and oxygen atoms in total. The molecule has 2 rings (SSSR count). The molecule has 0 aromatic heterocycles. The third-order valence-corrected chi connectivity index (χ3v) is 2.68. The molecular weight excluding hydrogens is 241 g/mol. The van der Waals surface area contributed by atoms with Gasteiger partial charge in [-0.2, -0.15) is 13.2 Å². The second-order valence-electron chi connectivity index (χ2n) is 4.10. The molecule has 2 aromatic carbocycles. The van der Waals surface area contributed by atoms with Crippen molar-refractivity contribution in [3.63, 3.8) is 0 Å². The van der Waals surface area contributed by atoms with E-state index < -0.39 is 11.7 Å². The summed E-state index contributed by atoms with van der Waals surface area (Å²) in [7, 11) is 0. The fourth-order valence-corrected chi connectivity index (χ4v) is 1.72. The normalized spacial score (nSPS) is 11.6. The maximum atomic E-state index is 12.4. The van der Waals surface area contributed by atoms with Crippen LogP contribution in [0.25, 0.3) is 11.1 Å². The number of alkyl halides is 3. The van der Waals surface area contributed by atoms with Crippen LogP contribution in [0, 0.1) is 6.92 Å².